The normalized spacial score (nSPS) is 20.8. The minimum Gasteiger partial charge on any atom is -0.347 e. The van der Waals surface area contributed by atoms with Crippen LogP contribution in [0.4, 0.5) is 0 Å². The van der Waals surface area contributed by atoms with Gasteiger partial charge in [-0.3, -0.25) is 4.79 Å². The number of amides is 1. The van der Waals surface area contributed by atoms with Gasteiger partial charge in [-0.05, 0) is 25.2 Å². The number of nitrogens with zero attached hydrogens (tertiary/aromatic N) is 4. The van der Waals surface area contributed by atoms with Crippen LogP contribution in [-0.4, -0.2) is 46.5 Å². The number of hydrogen-bond acceptors (Lipinski definition) is 4. The van der Waals surface area contributed by atoms with Crippen molar-refractivity contribution in [1.82, 2.24) is 19.8 Å². The zero-order chi connectivity index (χ0) is 17.3. The lowest BCUT2D eigenvalue weighted by molar-refractivity contribution is 0.0935. The number of rotatable bonds is 3. The Kier molecular flexibility index (Phi) is 4.56. The SMILES string of the molecule is CN1C[C@@H](NC(=O)c2cc(C#N)ccc2Cl)[C@H](c2cncn2C)C1. The second kappa shape index (κ2) is 6.63. The van der Waals surface area contributed by atoms with Gasteiger partial charge in [-0.15, -0.1) is 0 Å². The summed E-state index contributed by atoms with van der Waals surface area (Å²) in [6, 6.07) is 6.69. The van der Waals surface area contributed by atoms with E-state index in [0.29, 0.717) is 16.1 Å². The summed E-state index contributed by atoms with van der Waals surface area (Å²) in [7, 11) is 3.98. The van der Waals surface area contributed by atoms with Crippen LogP contribution in [0.5, 0.6) is 0 Å². The number of hydrogen-bond donors (Lipinski definition) is 1. The van der Waals surface area contributed by atoms with Gasteiger partial charge in [0.2, 0.25) is 0 Å². The van der Waals surface area contributed by atoms with Crippen molar-refractivity contribution in [2.75, 3.05) is 20.1 Å². The van der Waals surface area contributed by atoms with E-state index in [0.717, 1.165) is 18.8 Å². The quantitative estimate of drug-likeness (QED) is 0.921. The van der Waals surface area contributed by atoms with Crippen molar-refractivity contribution in [3.05, 3.63) is 52.6 Å². The predicted octanol–water partition coefficient (Wildman–Crippen LogP) is 1.77. The van der Waals surface area contributed by atoms with Crippen LogP contribution < -0.4 is 5.32 Å². The van der Waals surface area contributed by atoms with Crippen LogP contribution in [0.3, 0.4) is 0 Å². The van der Waals surface area contributed by atoms with E-state index in [1.165, 1.54) is 6.07 Å². The number of imidazole rings is 1. The number of likely N-dealkylation sites (tertiary alicyclic amines) is 1. The number of carbonyl (C=O) groups excluding carboxylic acids is 1. The Morgan fingerprint density at radius 2 is 2.21 bits per heavy atom. The third kappa shape index (κ3) is 3.14. The van der Waals surface area contributed by atoms with Gasteiger partial charge in [0.05, 0.1) is 34.6 Å². The molecule has 0 saturated carbocycles. The molecule has 1 N–H and O–H groups in total. The van der Waals surface area contributed by atoms with Crippen LogP contribution in [-0.2, 0) is 7.05 Å². The smallest absolute Gasteiger partial charge is 0.253 e. The average molecular weight is 344 g/mol. The van der Waals surface area contributed by atoms with Crippen molar-refractivity contribution in [3.63, 3.8) is 0 Å². The molecule has 0 unspecified atom stereocenters. The van der Waals surface area contributed by atoms with Crippen molar-refractivity contribution >= 4 is 17.5 Å². The van der Waals surface area contributed by atoms with Gasteiger partial charge >= 0.3 is 0 Å². The van der Waals surface area contributed by atoms with E-state index in [1.54, 1.807) is 18.5 Å². The lowest BCUT2D eigenvalue weighted by atomic mass is 9.99. The summed E-state index contributed by atoms with van der Waals surface area (Å²) in [4.78, 5) is 19.0. The molecule has 0 radical (unpaired) electrons. The summed E-state index contributed by atoms with van der Waals surface area (Å²) in [5.74, 6) is -0.103. The maximum absolute atomic E-state index is 12.7. The van der Waals surface area contributed by atoms with Crippen LogP contribution in [0, 0.1) is 11.3 Å². The maximum atomic E-state index is 12.7. The summed E-state index contributed by atoms with van der Waals surface area (Å²) in [6.07, 6.45) is 3.60. The minimum atomic E-state index is -0.260. The summed E-state index contributed by atoms with van der Waals surface area (Å²) in [6.45, 7) is 1.59. The monoisotopic (exact) mass is 343 g/mol. The highest BCUT2D eigenvalue weighted by Gasteiger charge is 2.35. The van der Waals surface area contributed by atoms with E-state index in [4.69, 9.17) is 16.9 Å². The fourth-order valence-corrected chi connectivity index (χ4v) is 3.39. The van der Waals surface area contributed by atoms with E-state index in [2.05, 4.69) is 15.2 Å². The number of nitrogens with one attached hydrogen (secondary N) is 1. The molecule has 24 heavy (non-hydrogen) atoms. The number of carbonyl (C=O) groups is 1. The third-order valence-electron chi connectivity index (χ3n) is 4.39. The number of aryl methyl sites for hydroxylation is 1. The number of nitriles is 1. The van der Waals surface area contributed by atoms with E-state index in [-0.39, 0.29) is 17.9 Å². The number of likely N-dealkylation sites (N-methyl/N-ethyl adjacent to an activating group) is 1. The van der Waals surface area contributed by atoms with Crippen molar-refractivity contribution in [1.29, 1.82) is 5.26 Å². The van der Waals surface area contributed by atoms with Gasteiger partial charge in [-0.1, -0.05) is 11.6 Å². The van der Waals surface area contributed by atoms with Gasteiger partial charge in [0.15, 0.2) is 0 Å². The van der Waals surface area contributed by atoms with Crippen LogP contribution in [0.25, 0.3) is 0 Å². The second-order valence-corrected chi connectivity index (χ2v) is 6.55. The molecule has 1 saturated heterocycles. The van der Waals surface area contributed by atoms with E-state index in [1.807, 2.05) is 30.9 Å². The standard InChI is InChI=1S/C17H18ClN5O/c1-22-8-13(16-7-20-10-23(16)2)15(9-22)21-17(24)12-5-11(6-19)3-4-14(12)18/h3-5,7,10,13,15H,8-9H2,1-2H3,(H,21,24)/t13-,15-/m1/s1. The molecule has 1 aliphatic rings. The summed E-state index contributed by atoms with van der Waals surface area (Å²) in [5.41, 5.74) is 1.83. The highest BCUT2D eigenvalue weighted by atomic mass is 35.5. The Morgan fingerprint density at radius 3 is 2.88 bits per heavy atom. The van der Waals surface area contributed by atoms with Gasteiger partial charge in [0, 0.05) is 37.9 Å². The van der Waals surface area contributed by atoms with Gasteiger partial charge in [-0.25, -0.2) is 4.98 Å². The molecule has 1 aromatic carbocycles. The molecule has 1 fully saturated rings. The predicted molar refractivity (Wildman–Crippen MR) is 90.9 cm³/mol. The van der Waals surface area contributed by atoms with Crippen LogP contribution in [0.1, 0.15) is 27.5 Å². The van der Waals surface area contributed by atoms with Crippen molar-refractivity contribution in [3.8, 4) is 6.07 Å². The Balaban J connectivity index is 1.83. The second-order valence-electron chi connectivity index (χ2n) is 6.14. The molecule has 2 heterocycles. The summed E-state index contributed by atoms with van der Waals surface area (Å²) >= 11 is 6.13. The van der Waals surface area contributed by atoms with Crippen LogP contribution in [0.2, 0.25) is 5.02 Å². The van der Waals surface area contributed by atoms with E-state index in [9.17, 15) is 4.79 Å². The van der Waals surface area contributed by atoms with Crippen molar-refractivity contribution in [2.45, 2.75) is 12.0 Å². The molecule has 7 heteroatoms. The summed E-state index contributed by atoms with van der Waals surface area (Å²) in [5, 5.41) is 12.4. The summed E-state index contributed by atoms with van der Waals surface area (Å²) < 4.78 is 1.98. The van der Waals surface area contributed by atoms with Crippen molar-refractivity contribution in [2.24, 2.45) is 7.05 Å². The molecule has 0 aliphatic carbocycles. The van der Waals surface area contributed by atoms with Crippen LogP contribution >= 0.6 is 11.6 Å². The first-order valence-electron chi connectivity index (χ1n) is 7.65. The molecule has 2 atom stereocenters. The molecule has 0 spiro atoms. The first-order valence-corrected chi connectivity index (χ1v) is 8.02. The lowest BCUT2D eigenvalue weighted by Gasteiger charge is -2.20. The molecular formula is C17H18ClN5O. The van der Waals surface area contributed by atoms with Gasteiger partial charge in [0.1, 0.15) is 0 Å². The molecule has 124 valence electrons. The fourth-order valence-electron chi connectivity index (χ4n) is 3.19. The topological polar surface area (TPSA) is 74.0 Å². The molecular weight excluding hydrogens is 326 g/mol. The first-order chi connectivity index (χ1) is 11.5. The van der Waals surface area contributed by atoms with Gasteiger partial charge in [0.25, 0.3) is 5.91 Å². The molecule has 0 bridgehead atoms. The Morgan fingerprint density at radius 1 is 1.42 bits per heavy atom. The molecule has 6 nitrogen and oxygen atoms in total. The zero-order valence-corrected chi connectivity index (χ0v) is 14.3. The molecule has 1 amide bonds. The van der Waals surface area contributed by atoms with Gasteiger partial charge in [-0.2, -0.15) is 5.26 Å². The van der Waals surface area contributed by atoms with Crippen LogP contribution in [0.15, 0.2) is 30.7 Å². The fraction of sp³-hybridized carbons (Fsp3) is 0.353. The highest BCUT2D eigenvalue weighted by Crippen LogP contribution is 2.27. The number of benzene rings is 1. The average Bonchev–Trinajstić information content (AvgIpc) is 3.13. The minimum absolute atomic E-state index is 0.0419. The Hall–Kier alpha value is -2.36. The number of aromatic nitrogens is 2. The largest absolute Gasteiger partial charge is 0.347 e. The van der Waals surface area contributed by atoms with E-state index < -0.39 is 0 Å². The Labute approximate surface area is 145 Å². The molecule has 2 aromatic rings. The molecule has 3 rings (SSSR count). The maximum Gasteiger partial charge on any atom is 0.253 e. The third-order valence-corrected chi connectivity index (χ3v) is 4.72. The van der Waals surface area contributed by atoms with Gasteiger partial charge < -0.3 is 14.8 Å². The first kappa shape index (κ1) is 16.5. The highest BCUT2D eigenvalue weighted by molar-refractivity contribution is 6.33. The number of halogens is 1. The zero-order valence-electron chi connectivity index (χ0n) is 13.5. The molecule has 1 aliphatic heterocycles. The lowest BCUT2D eigenvalue weighted by Crippen LogP contribution is -2.40. The molecule has 1 aromatic heterocycles. The Bertz CT molecular complexity index is 810. The van der Waals surface area contributed by atoms with Crippen molar-refractivity contribution < 1.29 is 4.79 Å². The van der Waals surface area contributed by atoms with E-state index >= 15 is 0 Å².